The Morgan fingerprint density at radius 1 is 1.29 bits per heavy atom. The van der Waals surface area contributed by atoms with Gasteiger partial charge in [0.2, 0.25) is 0 Å². The first kappa shape index (κ1) is 26.2. The summed E-state index contributed by atoms with van der Waals surface area (Å²) in [6.45, 7) is 6.08. The highest BCUT2D eigenvalue weighted by molar-refractivity contribution is 6.04. The van der Waals surface area contributed by atoms with Crippen LogP contribution in [0.25, 0.3) is 0 Å². The Morgan fingerprint density at radius 2 is 2.06 bits per heavy atom. The lowest BCUT2D eigenvalue weighted by molar-refractivity contribution is 0.254. The number of nitrogens with one attached hydrogen (secondary N) is 2. The van der Waals surface area contributed by atoms with Gasteiger partial charge in [-0.3, -0.25) is 4.99 Å². The smallest absolute Gasteiger partial charge is 0.163 e. The van der Waals surface area contributed by atoms with Crippen molar-refractivity contribution in [3.8, 4) is 11.5 Å². The summed E-state index contributed by atoms with van der Waals surface area (Å²) < 4.78 is 24.9. The van der Waals surface area contributed by atoms with Gasteiger partial charge in [0.15, 0.2) is 11.5 Å². The summed E-state index contributed by atoms with van der Waals surface area (Å²) in [4.78, 5) is 11.5. The first-order chi connectivity index (χ1) is 16.6. The van der Waals surface area contributed by atoms with Crippen LogP contribution in [0.2, 0.25) is 0 Å². The first-order valence-electron chi connectivity index (χ1n) is 12.3. The molecule has 2 aliphatic heterocycles. The third-order valence-electron chi connectivity index (χ3n) is 6.18. The summed E-state index contributed by atoms with van der Waals surface area (Å²) >= 11 is 0. The highest BCUT2D eigenvalue weighted by Gasteiger charge is 2.20. The minimum Gasteiger partial charge on any atom is -0.493 e. The largest absolute Gasteiger partial charge is 0.493 e. The molecule has 1 aromatic carbocycles. The van der Waals surface area contributed by atoms with Crippen molar-refractivity contribution in [2.24, 2.45) is 21.5 Å². The number of aliphatic imine (C=N–C) groups is 2. The van der Waals surface area contributed by atoms with Crippen LogP contribution < -0.4 is 31.6 Å². The van der Waals surface area contributed by atoms with Crippen LogP contribution in [0.1, 0.15) is 44.1 Å². The van der Waals surface area contributed by atoms with Crippen molar-refractivity contribution in [3.63, 3.8) is 0 Å². The van der Waals surface area contributed by atoms with Crippen molar-refractivity contribution in [1.29, 1.82) is 0 Å². The molecule has 0 saturated carbocycles. The van der Waals surface area contributed by atoms with Gasteiger partial charge < -0.3 is 36.5 Å². The number of nitrogens with zero attached hydrogens (tertiary/aromatic N) is 3. The number of methoxy groups -OCH3 is 1. The van der Waals surface area contributed by atoms with Gasteiger partial charge in [-0.25, -0.2) is 9.38 Å². The second kappa shape index (κ2) is 14.1. The van der Waals surface area contributed by atoms with E-state index < -0.39 is 6.30 Å². The Balaban J connectivity index is 1.79. The van der Waals surface area contributed by atoms with Gasteiger partial charge in [0.1, 0.15) is 12.1 Å². The zero-order chi connectivity index (χ0) is 24.2. The Labute approximate surface area is 202 Å². The van der Waals surface area contributed by atoms with E-state index in [4.69, 9.17) is 20.9 Å². The molecule has 2 fully saturated rings. The topological polar surface area (TPSA) is 123 Å². The fourth-order valence-corrected chi connectivity index (χ4v) is 4.34. The molecule has 6 N–H and O–H groups in total. The van der Waals surface area contributed by atoms with E-state index in [0.717, 1.165) is 44.5 Å². The minimum atomic E-state index is -1.41. The van der Waals surface area contributed by atoms with Gasteiger partial charge in [-0.2, -0.15) is 0 Å². The summed E-state index contributed by atoms with van der Waals surface area (Å²) in [6, 6.07) is 3.94. The Bertz CT molecular complexity index is 807. The van der Waals surface area contributed by atoms with Gasteiger partial charge in [-0.15, -0.1) is 0 Å². The Morgan fingerprint density at radius 3 is 2.74 bits per heavy atom. The second-order valence-electron chi connectivity index (χ2n) is 8.75. The maximum Gasteiger partial charge on any atom is 0.163 e. The van der Waals surface area contributed by atoms with E-state index in [1.807, 2.05) is 12.1 Å². The number of rotatable bonds is 12. The number of benzene rings is 1. The van der Waals surface area contributed by atoms with Crippen molar-refractivity contribution in [2.75, 3.05) is 53.0 Å². The van der Waals surface area contributed by atoms with Crippen LogP contribution in [-0.2, 0) is 0 Å². The normalized spacial score (nSPS) is 19.0. The maximum absolute atomic E-state index is 13.2. The molecule has 0 amide bonds. The highest BCUT2D eigenvalue weighted by atomic mass is 19.1. The van der Waals surface area contributed by atoms with Gasteiger partial charge >= 0.3 is 0 Å². The van der Waals surface area contributed by atoms with Crippen LogP contribution in [0.3, 0.4) is 0 Å². The molecule has 10 heteroatoms. The molecule has 1 unspecified atom stereocenters. The highest BCUT2D eigenvalue weighted by Crippen LogP contribution is 2.35. The predicted octanol–water partition coefficient (Wildman–Crippen LogP) is 1.91. The Kier molecular flexibility index (Phi) is 10.8. The summed E-state index contributed by atoms with van der Waals surface area (Å²) in [5.74, 6) is 1.83. The van der Waals surface area contributed by atoms with E-state index in [9.17, 15) is 4.39 Å². The van der Waals surface area contributed by atoms with E-state index in [2.05, 4.69) is 25.5 Å². The zero-order valence-electron chi connectivity index (χ0n) is 20.3. The average molecular weight is 478 g/mol. The fourth-order valence-electron chi connectivity index (χ4n) is 4.34. The van der Waals surface area contributed by atoms with E-state index in [1.165, 1.54) is 32.3 Å². The third-order valence-corrected chi connectivity index (χ3v) is 6.18. The number of amidine groups is 1. The first-order valence-corrected chi connectivity index (χ1v) is 12.3. The molecule has 190 valence electrons. The van der Waals surface area contributed by atoms with Crippen molar-refractivity contribution in [2.45, 2.75) is 50.9 Å². The Hall–Kier alpha value is -2.43. The summed E-state index contributed by atoms with van der Waals surface area (Å²) in [6.07, 6.45) is 5.42. The van der Waals surface area contributed by atoms with Crippen LogP contribution in [0.15, 0.2) is 22.1 Å². The van der Waals surface area contributed by atoms with Crippen LogP contribution in [0.5, 0.6) is 11.5 Å². The lowest BCUT2D eigenvalue weighted by Crippen LogP contribution is -2.43. The monoisotopic (exact) mass is 477 g/mol. The molecule has 2 heterocycles. The molecule has 0 spiro atoms. The molecular weight excluding hydrogens is 437 g/mol. The van der Waals surface area contributed by atoms with Crippen molar-refractivity contribution in [3.05, 3.63) is 17.7 Å². The zero-order valence-corrected chi connectivity index (χ0v) is 20.3. The lowest BCUT2D eigenvalue weighted by Gasteiger charge is -2.26. The molecule has 3 rings (SSSR count). The SMILES string of the molecule is COc1cc(C(=NCCC(N)F)NC2CCNCC2)c(N=CN)cc1OCCCN1CCCC1. The van der Waals surface area contributed by atoms with Crippen molar-refractivity contribution >= 4 is 17.9 Å². The van der Waals surface area contributed by atoms with E-state index in [0.29, 0.717) is 29.6 Å². The molecule has 1 aromatic rings. The molecule has 34 heavy (non-hydrogen) atoms. The predicted molar refractivity (Wildman–Crippen MR) is 135 cm³/mol. The molecule has 0 aromatic heterocycles. The summed E-state index contributed by atoms with van der Waals surface area (Å²) in [7, 11) is 1.61. The number of hydrogen-bond donors (Lipinski definition) is 4. The molecule has 2 aliphatic rings. The number of nitrogens with two attached hydrogens (primary N) is 2. The van der Waals surface area contributed by atoms with E-state index >= 15 is 0 Å². The van der Waals surface area contributed by atoms with Crippen LogP contribution in [-0.4, -0.2) is 82.4 Å². The number of piperidine rings is 1. The standard InChI is InChI=1S/C24H40FN7O2/c1-33-21-15-19(24(29-10-7-23(25)27)31-18-5-8-28-9-6-18)20(30-17-26)16-22(21)34-14-4-13-32-11-2-3-12-32/h15-18,23,28H,2-14,27H2,1H3,(H2,26,30)(H,29,31). The van der Waals surface area contributed by atoms with Gasteiger partial charge in [0.05, 0.1) is 25.7 Å². The van der Waals surface area contributed by atoms with Crippen LogP contribution in [0, 0.1) is 0 Å². The number of likely N-dealkylation sites (tertiary alicyclic amines) is 1. The maximum atomic E-state index is 13.2. The molecule has 0 radical (unpaired) electrons. The lowest BCUT2D eigenvalue weighted by atomic mass is 10.0. The molecule has 2 saturated heterocycles. The number of ether oxygens (including phenoxy) is 2. The third kappa shape index (κ3) is 8.11. The van der Waals surface area contributed by atoms with Gasteiger partial charge in [-0.1, -0.05) is 0 Å². The fraction of sp³-hybridized carbons (Fsp3) is 0.667. The van der Waals surface area contributed by atoms with Gasteiger partial charge in [0.25, 0.3) is 0 Å². The second-order valence-corrected chi connectivity index (χ2v) is 8.75. The summed E-state index contributed by atoms with van der Waals surface area (Å²) in [5.41, 5.74) is 12.3. The average Bonchev–Trinajstić information content (AvgIpc) is 3.36. The quantitative estimate of drug-likeness (QED) is 0.157. The molecule has 1 atom stereocenters. The van der Waals surface area contributed by atoms with Crippen molar-refractivity contribution < 1.29 is 13.9 Å². The minimum absolute atomic E-state index is 0.141. The van der Waals surface area contributed by atoms with Gasteiger partial charge in [-0.05, 0) is 64.3 Å². The molecular formula is C24H40FN7O2. The molecule has 0 bridgehead atoms. The van der Waals surface area contributed by atoms with E-state index in [1.54, 1.807) is 7.11 Å². The number of hydrogen-bond acceptors (Lipinski definition) is 7. The number of alkyl halides is 1. The van der Waals surface area contributed by atoms with Crippen LogP contribution in [0.4, 0.5) is 10.1 Å². The number of halogens is 1. The van der Waals surface area contributed by atoms with Crippen LogP contribution >= 0.6 is 0 Å². The van der Waals surface area contributed by atoms with Gasteiger partial charge in [0, 0.05) is 37.2 Å². The van der Waals surface area contributed by atoms with Crippen molar-refractivity contribution in [1.82, 2.24) is 15.5 Å². The molecule has 9 nitrogen and oxygen atoms in total. The molecule has 0 aliphatic carbocycles. The van der Waals surface area contributed by atoms with E-state index in [-0.39, 0.29) is 19.0 Å². The summed E-state index contributed by atoms with van der Waals surface area (Å²) in [5, 5.41) is 6.89.